The maximum Gasteiger partial charge on any atom is 0.332 e. The number of carbonyl (C=O) groups is 2. The third-order valence-electron chi connectivity index (χ3n) is 2.96. The first kappa shape index (κ1) is 14.9. The van der Waals surface area contributed by atoms with Crippen LogP contribution in [0.15, 0.2) is 0 Å². The highest BCUT2D eigenvalue weighted by Gasteiger charge is 2.36. The first-order chi connectivity index (χ1) is 8.54. The summed E-state index contributed by atoms with van der Waals surface area (Å²) >= 11 is 0. The summed E-state index contributed by atoms with van der Waals surface area (Å²) in [6.45, 7) is 2.50. The van der Waals surface area contributed by atoms with Crippen molar-refractivity contribution in [3.8, 4) is 0 Å². The van der Waals surface area contributed by atoms with Crippen molar-refractivity contribution in [2.75, 3.05) is 26.4 Å². The lowest BCUT2D eigenvalue weighted by Crippen LogP contribution is -2.59. The van der Waals surface area contributed by atoms with Crippen molar-refractivity contribution in [1.29, 1.82) is 0 Å². The van der Waals surface area contributed by atoms with Gasteiger partial charge in [0.2, 0.25) is 5.91 Å². The Morgan fingerprint density at radius 2 is 2.11 bits per heavy atom. The van der Waals surface area contributed by atoms with Crippen LogP contribution in [0.25, 0.3) is 0 Å². The fourth-order valence-corrected chi connectivity index (χ4v) is 1.76. The molecule has 18 heavy (non-hydrogen) atoms. The van der Waals surface area contributed by atoms with Crippen LogP contribution in [0, 0.1) is 0 Å². The van der Waals surface area contributed by atoms with Crippen LogP contribution in [0.1, 0.15) is 19.8 Å². The van der Waals surface area contributed by atoms with Gasteiger partial charge in [0.15, 0.2) is 6.04 Å². The minimum absolute atomic E-state index is 0.165. The van der Waals surface area contributed by atoms with Gasteiger partial charge in [0.25, 0.3) is 0 Å². The number of esters is 1. The lowest BCUT2D eigenvalue weighted by atomic mass is 9.90. The van der Waals surface area contributed by atoms with Crippen LogP contribution in [0.4, 0.5) is 0 Å². The molecule has 0 spiro atoms. The number of aliphatic hydroxyl groups excluding tert-OH is 1. The molecule has 1 atom stereocenters. The normalized spacial score (nSPS) is 19.9. The predicted molar refractivity (Wildman–Crippen MR) is 62.6 cm³/mol. The van der Waals surface area contributed by atoms with Gasteiger partial charge < -0.3 is 25.6 Å². The maximum atomic E-state index is 11.8. The summed E-state index contributed by atoms with van der Waals surface area (Å²) in [4.78, 5) is 23.1. The molecule has 104 valence electrons. The molecule has 1 fully saturated rings. The van der Waals surface area contributed by atoms with E-state index in [0.717, 1.165) is 0 Å². The summed E-state index contributed by atoms with van der Waals surface area (Å²) < 4.78 is 9.84. The Labute approximate surface area is 106 Å². The van der Waals surface area contributed by atoms with Crippen LogP contribution in [0.5, 0.6) is 0 Å². The van der Waals surface area contributed by atoms with E-state index < -0.39 is 23.5 Å². The lowest BCUT2D eigenvalue weighted by Gasteiger charge is -2.36. The number of hydrogen-bond donors (Lipinski definition) is 3. The molecule has 0 aliphatic carbocycles. The SMILES string of the molecule is CCOC(=O)C(N)C(=O)NC1(CO)CCOCC1. The standard InChI is InChI=1S/C11H20N2O5/c1-2-18-10(16)8(12)9(15)13-11(7-14)3-5-17-6-4-11/h8,14H,2-7,12H2,1H3,(H,13,15). The molecule has 1 amide bonds. The van der Waals surface area contributed by atoms with Crippen LogP contribution >= 0.6 is 0 Å². The van der Waals surface area contributed by atoms with Crippen LogP contribution in [-0.2, 0) is 19.1 Å². The molecule has 1 unspecified atom stereocenters. The van der Waals surface area contributed by atoms with Gasteiger partial charge in [-0.1, -0.05) is 0 Å². The number of rotatable bonds is 5. The Morgan fingerprint density at radius 1 is 1.50 bits per heavy atom. The molecule has 7 heteroatoms. The van der Waals surface area contributed by atoms with E-state index in [1.807, 2.05) is 0 Å². The van der Waals surface area contributed by atoms with E-state index in [9.17, 15) is 14.7 Å². The van der Waals surface area contributed by atoms with E-state index in [1.165, 1.54) is 0 Å². The van der Waals surface area contributed by atoms with E-state index >= 15 is 0 Å². The van der Waals surface area contributed by atoms with E-state index in [0.29, 0.717) is 26.1 Å². The van der Waals surface area contributed by atoms with Crippen molar-refractivity contribution in [2.24, 2.45) is 5.73 Å². The zero-order valence-electron chi connectivity index (χ0n) is 10.5. The van der Waals surface area contributed by atoms with E-state index in [4.69, 9.17) is 10.5 Å². The average Bonchev–Trinajstić information content (AvgIpc) is 2.39. The number of ether oxygens (including phenoxy) is 2. The largest absolute Gasteiger partial charge is 0.464 e. The third-order valence-corrected chi connectivity index (χ3v) is 2.96. The molecular formula is C11H20N2O5. The number of carbonyl (C=O) groups excluding carboxylic acids is 2. The summed E-state index contributed by atoms with van der Waals surface area (Å²) in [7, 11) is 0. The van der Waals surface area contributed by atoms with Crippen molar-refractivity contribution in [3.63, 3.8) is 0 Å². The Bertz CT molecular complexity index is 302. The number of hydrogen-bond acceptors (Lipinski definition) is 6. The quantitative estimate of drug-likeness (QED) is 0.411. The Morgan fingerprint density at radius 3 is 2.61 bits per heavy atom. The van der Waals surface area contributed by atoms with Gasteiger partial charge in [-0.25, -0.2) is 4.79 Å². The van der Waals surface area contributed by atoms with Crippen LogP contribution in [-0.4, -0.2) is 55.0 Å². The van der Waals surface area contributed by atoms with Crippen LogP contribution in [0.2, 0.25) is 0 Å². The molecule has 1 saturated heterocycles. The van der Waals surface area contributed by atoms with Gasteiger partial charge in [0.1, 0.15) is 0 Å². The molecule has 1 rings (SSSR count). The van der Waals surface area contributed by atoms with Crippen molar-refractivity contribution < 1.29 is 24.2 Å². The molecular weight excluding hydrogens is 240 g/mol. The van der Waals surface area contributed by atoms with Gasteiger partial charge in [-0.15, -0.1) is 0 Å². The minimum atomic E-state index is -1.36. The monoisotopic (exact) mass is 260 g/mol. The lowest BCUT2D eigenvalue weighted by molar-refractivity contribution is -0.148. The first-order valence-corrected chi connectivity index (χ1v) is 5.97. The highest BCUT2D eigenvalue weighted by Crippen LogP contribution is 2.20. The van der Waals surface area contributed by atoms with Gasteiger partial charge in [-0.3, -0.25) is 4.79 Å². The van der Waals surface area contributed by atoms with E-state index in [1.54, 1.807) is 6.92 Å². The zero-order valence-corrected chi connectivity index (χ0v) is 10.5. The molecule has 0 aromatic carbocycles. The number of nitrogens with one attached hydrogen (secondary N) is 1. The topological polar surface area (TPSA) is 111 Å². The van der Waals surface area contributed by atoms with Gasteiger partial charge >= 0.3 is 5.97 Å². The van der Waals surface area contributed by atoms with Crippen molar-refractivity contribution in [1.82, 2.24) is 5.32 Å². The summed E-state index contributed by atoms with van der Waals surface area (Å²) in [5.41, 5.74) is 4.73. The summed E-state index contributed by atoms with van der Waals surface area (Å²) in [5, 5.41) is 12.0. The van der Waals surface area contributed by atoms with E-state index in [2.05, 4.69) is 10.1 Å². The second kappa shape index (κ2) is 6.67. The Balaban J connectivity index is 2.58. The smallest absolute Gasteiger partial charge is 0.332 e. The Hall–Kier alpha value is -1.18. The molecule has 0 saturated carbocycles. The molecule has 0 aromatic rings. The highest BCUT2D eigenvalue weighted by molar-refractivity contribution is 6.01. The van der Waals surface area contributed by atoms with Crippen molar-refractivity contribution >= 4 is 11.9 Å². The summed E-state index contributed by atoms with van der Waals surface area (Å²) in [5.74, 6) is -1.40. The van der Waals surface area contributed by atoms with Crippen molar-refractivity contribution in [3.05, 3.63) is 0 Å². The fourth-order valence-electron chi connectivity index (χ4n) is 1.76. The highest BCUT2D eigenvalue weighted by atomic mass is 16.5. The number of aliphatic hydroxyl groups is 1. The molecule has 0 bridgehead atoms. The first-order valence-electron chi connectivity index (χ1n) is 5.97. The zero-order chi connectivity index (χ0) is 13.6. The molecule has 1 aliphatic heterocycles. The predicted octanol–water partition coefficient (Wildman–Crippen LogP) is -1.47. The minimum Gasteiger partial charge on any atom is -0.464 e. The van der Waals surface area contributed by atoms with Crippen LogP contribution < -0.4 is 11.1 Å². The second-order valence-corrected chi connectivity index (χ2v) is 4.27. The molecule has 0 aromatic heterocycles. The van der Waals surface area contributed by atoms with Gasteiger partial charge in [0, 0.05) is 13.2 Å². The average molecular weight is 260 g/mol. The Kier molecular flexibility index (Phi) is 5.52. The van der Waals surface area contributed by atoms with Gasteiger partial charge in [-0.05, 0) is 19.8 Å². The molecule has 1 heterocycles. The molecule has 1 aliphatic rings. The molecule has 0 radical (unpaired) electrons. The number of amides is 1. The van der Waals surface area contributed by atoms with Crippen molar-refractivity contribution in [2.45, 2.75) is 31.3 Å². The van der Waals surface area contributed by atoms with Gasteiger partial charge in [-0.2, -0.15) is 0 Å². The van der Waals surface area contributed by atoms with Gasteiger partial charge in [0.05, 0.1) is 18.8 Å². The summed E-state index contributed by atoms with van der Waals surface area (Å²) in [6.07, 6.45) is 0.982. The van der Waals surface area contributed by atoms with Crippen LogP contribution in [0.3, 0.4) is 0 Å². The molecule has 4 N–H and O–H groups in total. The fraction of sp³-hybridized carbons (Fsp3) is 0.818. The van der Waals surface area contributed by atoms with E-state index in [-0.39, 0.29) is 13.2 Å². The third kappa shape index (κ3) is 3.66. The molecule has 7 nitrogen and oxygen atoms in total. The second-order valence-electron chi connectivity index (χ2n) is 4.27. The number of nitrogens with two attached hydrogens (primary N) is 1. The maximum absolute atomic E-state index is 11.8. The summed E-state index contributed by atoms with van der Waals surface area (Å²) in [6, 6.07) is -1.36.